The van der Waals surface area contributed by atoms with Crippen LogP contribution in [0.5, 0.6) is 11.5 Å². The van der Waals surface area contributed by atoms with E-state index in [2.05, 4.69) is 50.4 Å². The molecule has 0 radical (unpaired) electrons. The van der Waals surface area contributed by atoms with E-state index in [4.69, 9.17) is 9.47 Å². The molecule has 1 heterocycles. The van der Waals surface area contributed by atoms with E-state index >= 15 is 0 Å². The molecule has 0 bridgehead atoms. The van der Waals surface area contributed by atoms with Gasteiger partial charge in [-0.05, 0) is 80.0 Å². The van der Waals surface area contributed by atoms with Crippen LogP contribution in [-0.4, -0.2) is 30.5 Å². The third kappa shape index (κ3) is 4.99. The molecule has 0 unspecified atom stereocenters. The maximum Gasteiger partial charge on any atom is 0.329 e. The zero-order chi connectivity index (χ0) is 21.0. The lowest BCUT2D eigenvalue weighted by atomic mass is 10.1. The van der Waals surface area contributed by atoms with Crippen LogP contribution in [-0.2, 0) is 11.4 Å². The summed E-state index contributed by atoms with van der Waals surface area (Å²) in [5.41, 5.74) is 1.91. The van der Waals surface area contributed by atoms with E-state index in [1.807, 2.05) is 24.3 Å². The van der Waals surface area contributed by atoms with E-state index in [0.29, 0.717) is 28.1 Å². The molecule has 3 amide bonds. The molecule has 0 aliphatic carbocycles. The first-order chi connectivity index (χ1) is 13.9. The van der Waals surface area contributed by atoms with Crippen LogP contribution in [0.3, 0.4) is 0 Å². The van der Waals surface area contributed by atoms with Gasteiger partial charge in [-0.2, -0.15) is 0 Å². The van der Waals surface area contributed by atoms with Crippen LogP contribution >= 0.6 is 38.5 Å². The molecule has 0 atom stereocenters. The van der Waals surface area contributed by atoms with Crippen LogP contribution in [0, 0.1) is 3.57 Å². The molecule has 0 aromatic heterocycles. The van der Waals surface area contributed by atoms with Crippen molar-refractivity contribution in [2.24, 2.45) is 0 Å². The third-order valence-corrected chi connectivity index (χ3v) is 5.44. The van der Waals surface area contributed by atoms with Crippen molar-refractivity contribution in [3.63, 3.8) is 0 Å². The minimum atomic E-state index is -0.468. The summed E-state index contributed by atoms with van der Waals surface area (Å²) in [4.78, 5) is 25.4. The second kappa shape index (κ2) is 9.45. The molecular formula is C21H18BrIN2O4. The van der Waals surface area contributed by atoms with Gasteiger partial charge < -0.3 is 14.8 Å². The van der Waals surface area contributed by atoms with Crippen molar-refractivity contribution in [1.82, 2.24) is 10.2 Å². The number of hydrogen-bond acceptors (Lipinski definition) is 4. The number of nitrogens with one attached hydrogen (secondary N) is 1. The van der Waals surface area contributed by atoms with Crippen molar-refractivity contribution in [2.75, 3.05) is 13.7 Å². The number of methoxy groups -OCH3 is 1. The maximum absolute atomic E-state index is 12.4. The summed E-state index contributed by atoms with van der Waals surface area (Å²) in [7, 11) is 1.55. The van der Waals surface area contributed by atoms with E-state index in [-0.39, 0.29) is 12.2 Å². The van der Waals surface area contributed by atoms with Gasteiger partial charge in [-0.25, -0.2) is 4.79 Å². The molecule has 29 heavy (non-hydrogen) atoms. The van der Waals surface area contributed by atoms with Crippen molar-refractivity contribution in [1.29, 1.82) is 0 Å². The van der Waals surface area contributed by atoms with Crippen LogP contribution in [0.4, 0.5) is 4.79 Å². The van der Waals surface area contributed by atoms with Crippen molar-refractivity contribution in [3.05, 3.63) is 73.9 Å². The number of hydrogen-bond donors (Lipinski definition) is 1. The maximum atomic E-state index is 12.4. The summed E-state index contributed by atoms with van der Waals surface area (Å²) in [5.74, 6) is 0.670. The number of halogens is 2. The van der Waals surface area contributed by atoms with Gasteiger partial charge >= 0.3 is 6.03 Å². The van der Waals surface area contributed by atoms with Gasteiger partial charge in [-0.1, -0.05) is 18.2 Å². The number of rotatable bonds is 7. The molecule has 2 aromatic rings. The average Bonchev–Trinajstić information content (AvgIpc) is 2.96. The summed E-state index contributed by atoms with van der Waals surface area (Å²) in [6, 6.07) is 11.1. The SMILES string of the molecule is C=CCN1C(=O)N/C(=C/c2cc(Br)c(OCc3ccc(I)cc3)c(OC)c2)C1=O. The van der Waals surface area contributed by atoms with E-state index < -0.39 is 11.9 Å². The minimum absolute atomic E-state index is 0.153. The highest BCUT2D eigenvalue weighted by atomic mass is 127. The van der Waals surface area contributed by atoms with Crippen molar-refractivity contribution in [3.8, 4) is 11.5 Å². The Bertz CT molecular complexity index is 989. The zero-order valence-electron chi connectivity index (χ0n) is 15.6. The predicted molar refractivity (Wildman–Crippen MR) is 123 cm³/mol. The number of nitrogens with zero attached hydrogens (tertiary/aromatic N) is 1. The molecule has 1 saturated heterocycles. The lowest BCUT2D eigenvalue weighted by molar-refractivity contribution is -0.122. The Morgan fingerprint density at radius 1 is 1.24 bits per heavy atom. The topological polar surface area (TPSA) is 67.9 Å². The largest absolute Gasteiger partial charge is 0.493 e. The Kier molecular flexibility index (Phi) is 6.96. The number of urea groups is 1. The van der Waals surface area contributed by atoms with Gasteiger partial charge in [-0.3, -0.25) is 9.69 Å². The molecule has 6 nitrogen and oxygen atoms in total. The smallest absolute Gasteiger partial charge is 0.329 e. The van der Waals surface area contributed by atoms with Crippen molar-refractivity contribution in [2.45, 2.75) is 6.61 Å². The summed E-state index contributed by atoms with van der Waals surface area (Å²) in [5, 5.41) is 2.57. The van der Waals surface area contributed by atoms with Gasteiger partial charge in [0, 0.05) is 10.1 Å². The normalized spacial score (nSPS) is 14.9. The molecule has 8 heteroatoms. The fraction of sp³-hybridized carbons (Fsp3) is 0.143. The van der Waals surface area contributed by atoms with E-state index in [9.17, 15) is 9.59 Å². The van der Waals surface area contributed by atoms with E-state index in [1.54, 1.807) is 25.3 Å². The van der Waals surface area contributed by atoms with Crippen molar-refractivity contribution >= 4 is 56.5 Å². The fourth-order valence-corrected chi connectivity index (χ4v) is 3.67. The van der Waals surface area contributed by atoms with Crippen molar-refractivity contribution < 1.29 is 19.1 Å². The molecule has 3 rings (SSSR count). The van der Waals surface area contributed by atoms with Gasteiger partial charge in [-0.15, -0.1) is 6.58 Å². The average molecular weight is 569 g/mol. The van der Waals surface area contributed by atoms with E-state index in [0.717, 1.165) is 14.0 Å². The fourth-order valence-electron chi connectivity index (χ4n) is 2.73. The molecule has 150 valence electrons. The number of carbonyl (C=O) groups excluding carboxylic acids is 2. The summed E-state index contributed by atoms with van der Waals surface area (Å²) in [6.07, 6.45) is 3.10. The van der Waals surface area contributed by atoms with E-state index in [1.165, 1.54) is 6.08 Å². The van der Waals surface area contributed by atoms with Crippen LogP contribution < -0.4 is 14.8 Å². The van der Waals surface area contributed by atoms with Gasteiger partial charge in [0.05, 0.1) is 11.6 Å². The number of amides is 3. The second-order valence-electron chi connectivity index (χ2n) is 6.14. The lowest BCUT2D eigenvalue weighted by Gasteiger charge is -2.14. The highest BCUT2D eigenvalue weighted by Crippen LogP contribution is 2.38. The van der Waals surface area contributed by atoms with Crippen LogP contribution in [0.1, 0.15) is 11.1 Å². The quantitative estimate of drug-likeness (QED) is 0.227. The first-order valence-corrected chi connectivity index (χ1v) is 10.5. The van der Waals surface area contributed by atoms with Crippen LogP contribution in [0.15, 0.2) is 59.2 Å². The Balaban J connectivity index is 1.83. The first-order valence-electron chi connectivity index (χ1n) is 8.63. The Morgan fingerprint density at radius 3 is 2.62 bits per heavy atom. The molecule has 2 aromatic carbocycles. The molecule has 1 fully saturated rings. The summed E-state index contributed by atoms with van der Waals surface area (Å²) < 4.78 is 13.2. The van der Waals surface area contributed by atoms with Crippen LogP contribution in [0.25, 0.3) is 6.08 Å². The second-order valence-corrected chi connectivity index (χ2v) is 8.24. The number of benzene rings is 2. The highest BCUT2D eigenvalue weighted by Gasteiger charge is 2.32. The summed E-state index contributed by atoms with van der Waals surface area (Å²) in [6.45, 7) is 4.10. The standard InChI is InChI=1S/C21H18BrIN2O4/c1-3-8-25-20(26)17(24-21(25)27)10-14-9-16(22)19(18(11-14)28-2)29-12-13-4-6-15(23)7-5-13/h3-7,9-11H,1,8,12H2,2H3,(H,24,27)/b17-10+. The zero-order valence-corrected chi connectivity index (χ0v) is 19.3. The van der Waals surface area contributed by atoms with Gasteiger partial charge in [0.15, 0.2) is 11.5 Å². The summed E-state index contributed by atoms with van der Waals surface area (Å²) >= 11 is 5.76. The molecular weight excluding hydrogens is 551 g/mol. The molecule has 0 spiro atoms. The number of imide groups is 1. The number of ether oxygens (including phenoxy) is 2. The first kappa shape index (κ1) is 21.4. The third-order valence-electron chi connectivity index (χ3n) is 4.13. The molecule has 1 N–H and O–H groups in total. The van der Waals surface area contributed by atoms with Gasteiger partial charge in [0.1, 0.15) is 12.3 Å². The Labute approximate surface area is 190 Å². The predicted octanol–water partition coefficient (Wildman–Crippen LogP) is 4.72. The Morgan fingerprint density at radius 2 is 1.97 bits per heavy atom. The Hall–Kier alpha value is -2.33. The monoisotopic (exact) mass is 568 g/mol. The lowest BCUT2D eigenvalue weighted by Crippen LogP contribution is -2.30. The number of carbonyl (C=O) groups is 2. The minimum Gasteiger partial charge on any atom is -0.493 e. The molecule has 1 aliphatic rings. The highest BCUT2D eigenvalue weighted by molar-refractivity contribution is 14.1. The van der Waals surface area contributed by atoms with Gasteiger partial charge in [0.25, 0.3) is 5.91 Å². The van der Waals surface area contributed by atoms with Crippen LogP contribution in [0.2, 0.25) is 0 Å². The van der Waals surface area contributed by atoms with Gasteiger partial charge in [0.2, 0.25) is 0 Å². The molecule has 0 saturated carbocycles. The molecule has 1 aliphatic heterocycles.